The van der Waals surface area contributed by atoms with Gasteiger partial charge in [-0.3, -0.25) is 14.7 Å². The third kappa shape index (κ3) is 11.1. The molecule has 20 heteroatoms. The minimum absolute atomic E-state index is 0.00589. The predicted octanol–water partition coefficient (Wildman–Crippen LogP) is 8.04. The fraction of sp³-hybridized carbons (Fsp3) is 0.588. The molecule has 6 bridgehead atoms. The quantitative estimate of drug-likeness (QED) is 0.0746. The highest BCUT2D eigenvalue weighted by Crippen LogP contribution is 2.43. The number of benzene rings is 2. The number of aromatic nitrogens is 3. The van der Waals surface area contributed by atoms with Gasteiger partial charge in [-0.25, -0.2) is 31.9 Å². The molecular weight excluding hydrogens is 929 g/mol. The van der Waals surface area contributed by atoms with Gasteiger partial charge in [0, 0.05) is 37.7 Å². The van der Waals surface area contributed by atoms with Crippen molar-refractivity contribution in [2.45, 2.75) is 141 Å². The van der Waals surface area contributed by atoms with Crippen molar-refractivity contribution >= 4 is 51.6 Å². The first-order valence-electron chi connectivity index (χ1n) is 24.5. The van der Waals surface area contributed by atoms with E-state index >= 15 is 13.2 Å². The van der Waals surface area contributed by atoms with Gasteiger partial charge < -0.3 is 39.8 Å². The summed E-state index contributed by atoms with van der Waals surface area (Å²) in [5.41, 5.74) is -3.05. The second-order valence-electron chi connectivity index (χ2n) is 21.2. The van der Waals surface area contributed by atoms with Crippen LogP contribution < -0.4 is 30.3 Å². The first-order chi connectivity index (χ1) is 33.6. The molecule has 9 rings (SSSR count). The van der Waals surface area contributed by atoms with Crippen molar-refractivity contribution in [3.05, 3.63) is 47.7 Å². The molecule has 0 spiro atoms. The van der Waals surface area contributed by atoms with E-state index in [-0.39, 0.29) is 109 Å². The lowest BCUT2D eigenvalue weighted by Gasteiger charge is -2.42. The molecule has 0 radical (unpaired) electrons. The van der Waals surface area contributed by atoms with Crippen molar-refractivity contribution in [3.8, 4) is 23.0 Å². The number of alkyl halides is 2. The summed E-state index contributed by atoms with van der Waals surface area (Å²) in [5.74, 6) is -4.03. The van der Waals surface area contributed by atoms with E-state index in [4.69, 9.17) is 23.9 Å². The molecule has 5 aliphatic heterocycles. The van der Waals surface area contributed by atoms with E-state index in [1.54, 1.807) is 53.4 Å². The number of fused-ring (bicyclic) bond motifs is 7. The average molecular weight is 993 g/mol. The number of nitrogens with one attached hydrogen (secondary N) is 3. The fourth-order valence-electron chi connectivity index (χ4n) is 10.5. The molecule has 7 heterocycles. The van der Waals surface area contributed by atoms with Crippen LogP contribution in [0, 0.1) is 23.5 Å². The maximum absolute atomic E-state index is 17.9. The van der Waals surface area contributed by atoms with Gasteiger partial charge in [-0.15, -0.1) is 0 Å². The Morgan fingerprint density at radius 1 is 1.01 bits per heavy atom. The highest BCUT2D eigenvalue weighted by Gasteiger charge is 2.50. The fourth-order valence-corrected chi connectivity index (χ4v) is 10.5. The van der Waals surface area contributed by atoms with E-state index in [1.165, 1.54) is 30.5 Å². The van der Waals surface area contributed by atoms with Crippen molar-refractivity contribution in [2.24, 2.45) is 11.8 Å². The molecule has 3 N–H and O–H groups in total. The van der Waals surface area contributed by atoms with Gasteiger partial charge in [0.1, 0.15) is 65.2 Å². The Morgan fingerprint density at radius 3 is 2.51 bits per heavy atom. The van der Waals surface area contributed by atoms with Crippen molar-refractivity contribution in [1.29, 1.82) is 0 Å². The van der Waals surface area contributed by atoms with Crippen LogP contribution in [0.25, 0.3) is 32.9 Å². The van der Waals surface area contributed by atoms with E-state index in [9.17, 15) is 23.6 Å². The second kappa shape index (κ2) is 20.2. The van der Waals surface area contributed by atoms with E-state index in [0.717, 1.165) is 6.42 Å². The average Bonchev–Trinajstić information content (AvgIpc) is 3.82. The van der Waals surface area contributed by atoms with Gasteiger partial charge in [-0.05, 0) is 106 Å². The summed E-state index contributed by atoms with van der Waals surface area (Å²) in [6.45, 7) is 14.5. The zero-order valence-electron chi connectivity index (χ0n) is 41.6. The monoisotopic (exact) mass is 992 g/mol. The number of hydrogen-bond acceptors (Lipinski definition) is 13. The lowest BCUT2D eigenvalue weighted by molar-refractivity contribution is -0.141. The summed E-state index contributed by atoms with van der Waals surface area (Å²) in [5, 5.41) is 8.82. The molecule has 5 aliphatic rings. The largest absolute Gasteiger partial charge is 0.461 e. The molecule has 7 atom stereocenters. The molecule has 2 aromatic carbocycles. The maximum Gasteiger partial charge on any atom is 0.408 e. The van der Waals surface area contributed by atoms with Crippen molar-refractivity contribution < 1.29 is 55.7 Å². The zero-order chi connectivity index (χ0) is 51.2. The van der Waals surface area contributed by atoms with Crippen LogP contribution in [0.3, 0.4) is 0 Å². The number of amides is 3. The lowest BCUT2D eigenvalue weighted by Crippen LogP contribution is -2.60. The molecule has 3 amide bonds. The molecule has 2 aromatic heterocycles. The number of aryl methyl sites for hydroxylation is 1. The van der Waals surface area contributed by atoms with Crippen molar-refractivity contribution in [2.75, 3.05) is 44.3 Å². The van der Waals surface area contributed by atoms with E-state index < -0.39 is 88.6 Å². The highest BCUT2D eigenvalue weighted by molar-refractivity contribution is 6.02. The van der Waals surface area contributed by atoms with Gasteiger partial charge in [0.25, 0.3) is 0 Å². The van der Waals surface area contributed by atoms with Gasteiger partial charge in [0.05, 0.1) is 29.6 Å². The van der Waals surface area contributed by atoms with Crippen molar-refractivity contribution in [1.82, 2.24) is 35.8 Å². The summed E-state index contributed by atoms with van der Waals surface area (Å²) >= 11 is 0. The highest BCUT2D eigenvalue weighted by atomic mass is 19.1. The van der Waals surface area contributed by atoms with Gasteiger partial charge in [0.2, 0.25) is 5.91 Å². The van der Waals surface area contributed by atoms with Gasteiger partial charge >= 0.3 is 24.2 Å². The number of piperidine rings is 1. The first kappa shape index (κ1) is 51.3. The Bertz CT molecular complexity index is 2710. The molecule has 0 unspecified atom stereocenters. The standard InChI is InChI=1S/C51H64F4N8O8/c1-9-28(4)40(57-44(64)39(27(2)3)59-47(66)71-49(5,6)7)45(65)70-32-18-29-13-14-36(54)33-12-10-17-68-48(67)61-50(8)20-30(52)23-62(25-50)43-35-22-56-41(34(19-32)37(29)33)38(55)42(35)58-46(60-43)69-26-51-15-11-16-63(51)24-31(53)21-51/h13-14,18-19,22,27-28,30-31,39-40H,9-12,15-17,20-21,23-26H2,1-8H3,(H,57,64)(H,59,66)(H,61,67)/t28-,30+,31+,39-,40+,50+,51-/m0/s1. The van der Waals surface area contributed by atoms with Crippen LogP contribution in [0.15, 0.2) is 30.5 Å². The number of carbonyl (C=O) groups excluding carboxylic acids is 4. The molecule has 384 valence electrons. The third-order valence-electron chi connectivity index (χ3n) is 14.0. The molecule has 16 nitrogen and oxygen atoms in total. The van der Waals surface area contributed by atoms with Crippen molar-refractivity contribution in [3.63, 3.8) is 0 Å². The van der Waals surface area contributed by atoms with Gasteiger partial charge in [-0.1, -0.05) is 40.2 Å². The zero-order valence-corrected chi connectivity index (χ0v) is 41.6. The number of nitrogens with zero attached hydrogens (tertiary/aromatic N) is 5. The Labute approximate surface area is 410 Å². The Balaban J connectivity index is 1.23. The van der Waals surface area contributed by atoms with E-state index in [2.05, 4.69) is 30.8 Å². The Kier molecular flexibility index (Phi) is 14.6. The SMILES string of the molecule is CC[C@H](C)[C@@H](NC(=O)[C@@H](NC(=O)OC(C)(C)C)C(C)C)C(=O)Oc1cc2c3c(c(F)ccc3c1)CCCOC(=O)N[C@]1(C)C[C@@H](F)CN(C1)c1nc(OC[C@@]34CCCN3C[C@H](F)C4)nc3c(F)c-2ncc13. The topological polar surface area (TPSA) is 186 Å². The summed E-state index contributed by atoms with van der Waals surface area (Å²) in [6.07, 6.45) is -0.530. The van der Waals surface area contributed by atoms with Crippen LogP contribution >= 0.6 is 0 Å². The molecule has 3 fully saturated rings. The number of esters is 1. The van der Waals surface area contributed by atoms with E-state index in [0.29, 0.717) is 24.8 Å². The van der Waals surface area contributed by atoms with Crippen LogP contribution in [-0.2, 0) is 25.5 Å². The van der Waals surface area contributed by atoms with Gasteiger partial charge in [0.15, 0.2) is 5.82 Å². The maximum atomic E-state index is 17.9. The smallest absolute Gasteiger partial charge is 0.408 e. The Morgan fingerprint density at radius 2 is 1.77 bits per heavy atom. The van der Waals surface area contributed by atoms with E-state index in [1.807, 2.05) is 6.92 Å². The second-order valence-corrected chi connectivity index (χ2v) is 21.2. The third-order valence-corrected chi connectivity index (χ3v) is 14.0. The first-order valence-corrected chi connectivity index (χ1v) is 24.5. The molecular formula is C51H64F4N8O8. The number of rotatable bonds is 11. The van der Waals surface area contributed by atoms with Crippen LogP contribution in [0.1, 0.15) is 99.5 Å². The number of carbonyl (C=O) groups is 4. The number of pyridine rings is 1. The number of alkyl carbamates (subject to hydrolysis) is 2. The van der Waals surface area contributed by atoms with Crippen LogP contribution in [0.5, 0.6) is 11.8 Å². The van der Waals surface area contributed by atoms with Crippen LogP contribution in [0.4, 0.5) is 33.0 Å². The normalized spacial score (nSPS) is 24.0. The summed E-state index contributed by atoms with van der Waals surface area (Å²) in [7, 11) is 0. The molecule has 0 saturated carbocycles. The summed E-state index contributed by atoms with van der Waals surface area (Å²) < 4.78 is 88.0. The lowest BCUT2D eigenvalue weighted by atomic mass is 9.90. The minimum Gasteiger partial charge on any atom is -0.461 e. The molecule has 71 heavy (non-hydrogen) atoms. The number of hydrogen-bond donors (Lipinski definition) is 3. The van der Waals surface area contributed by atoms with Crippen LogP contribution in [0.2, 0.25) is 0 Å². The number of halogens is 4. The minimum atomic E-state index is -1.47. The number of anilines is 1. The van der Waals surface area contributed by atoms with Gasteiger partial charge in [-0.2, -0.15) is 9.97 Å². The molecule has 4 aromatic rings. The van der Waals surface area contributed by atoms with Crippen LogP contribution in [-0.4, -0.2) is 124 Å². The number of ether oxygens (including phenoxy) is 4. The summed E-state index contributed by atoms with van der Waals surface area (Å²) in [4.78, 5) is 71.7. The summed E-state index contributed by atoms with van der Waals surface area (Å²) in [6, 6.07) is 2.97. The Hall–Kier alpha value is -6.05. The predicted molar refractivity (Wildman–Crippen MR) is 257 cm³/mol. The molecule has 3 saturated heterocycles. The molecule has 0 aliphatic carbocycles.